The zero-order chi connectivity index (χ0) is 16.5. The maximum Gasteiger partial charge on any atom is 0.0701 e. The number of aliphatic hydroxyl groups is 2. The van der Waals surface area contributed by atoms with E-state index < -0.39 is 0 Å². The van der Waals surface area contributed by atoms with Crippen LogP contribution in [0.3, 0.4) is 0 Å². The van der Waals surface area contributed by atoms with Gasteiger partial charge in [-0.25, -0.2) is 0 Å². The third-order valence-electron chi connectivity index (χ3n) is 3.14. The second kappa shape index (κ2) is 17.1. The summed E-state index contributed by atoms with van der Waals surface area (Å²) in [5.41, 5.74) is 0. The molecule has 7 heteroatoms. The van der Waals surface area contributed by atoms with Gasteiger partial charge in [0, 0.05) is 19.3 Å². The summed E-state index contributed by atoms with van der Waals surface area (Å²) in [6.07, 6.45) is 1.88. The van der Waals surface area contributed by atoms with Gasteiger partial charge in [-0.3, -0.25) is 0 Å². The Bertz CT molecular complexity index is 200. The van der Waals surface area contributed by atoms with Crippen molar-refractivity contribution in [3.63, 3.8) is 0 Å². The molecule has 0 saturated carbocycles. The Hall–Kier alpha value is -0.280. The molecule has 0 rings (SSSR count). The molecule has 134 valence electrons. The van der Waals surface area contributed by atoms with Gasteiger partial charge in [-0.1, -0.05) is 0 Å². The van der Waals surface area contributed by atoms with E-state index in [2.05, 4.69) is 19.0 Å². The highest BCUT2D eigenvalue weighted by atomic mass is 16.5. The fourth-order valence-electron chi connectivity index (χ4n) is 1.87. The van der Waals surface area contributed by atoms with Gasteiger partial charge in [0.25, 0.3) is 0 Å². The fraction of sp³-hybridized carbons (Fsp3) is 1.00. The van der Waals surface area contributed by atoms with Crippen LogP contribution in [-0.4, -0.2) is 101 Å². The molecule has 22 heavy (non-hydrogen) atoms. The summed E-state index contributed by atoms with van der Waals surface area (Å²) in [6.45, 7) is 4.34. The highest BCUT2D eigenvalue weighted by Crippen LogP contribution is 2.05. The molecule has 0 saturated heterocycles. The summed E-state index contributed by atoms with van der Waals surface area (Å²) < 4.78 is 21.3. The largest absolute Gasteiger partial charge is 0.394 e. The van der Waals surface area contributed by atoms with Gasteiger partial charge in [-0.15, -0.1) is 0 Å². The summed E-state index contributed by atoms with van der Waals surface area (Å²) in [5.74, 6) is 0. The molecule has 0 spiro atoms. The minimum absolute atomic E-state index is 0.0493. The molecule has 0 amide bonds. The fourth-order valence-corrected chi connectivity index (χ4v) is 1.87. The summed E-state index contributed by atoms with van der Waals surface area (Å²) in [5, 5.41) is 17.1. The third kappa shape index (κ3) is 14.6. The van der Waals surface area contributed by atoms with Gasteiger partial charge >= 0.3 is 0 Å². The van der Waals surface area contributed by atoms with E-state index in [1.54, 1.807) is 0 Å². The third-order valence-corrected chi connectivity index (χ3v) is 3.14. The normalized spacial score (nSPS) is 11.7. The van der Waals surface area contributed by atoms with Crippen molar-refractivity contribution in [3.05, 3.63) is 0 Å². The van der Waals surface area contributed by atoms with Crippen LogP contribution in [0.25, 0.3) is 0 Å². The van der Waals surface area contributed by atoms with Gasteiger partial charge in [0.2, 0.25) is 0 Å². The second-order valence-corrected chi connectivity index (χ2v) is 5.09. The standard InChI is InChI=1S/C15H33NO6/c1-16(2)15(3-7-19-11-13-21-9-5-17)4-8-20-12-14-22-10-6-18/h15,17-18H,3-14H2,1-2H3. The van der Waals surface area contributed by atoms with Crippen LogP contribution in [0.4, 0.5) is 0 Å². The molecule has 0 radical (unpaired) electrons. The molecular weight excluding hydrogens is 290 g/mol. The van der Waals surface area contributed by atoms with Gasteiger partial charge in [0.05, 0.1) is 52.9 Å². The van der Waals surface area contributed by atoms with Crippen molar-refractivity contribution in [2.75, 3.05) is 80.2 Å². The first-order valence-corrected chi connectivity index (χ1v) is 7.91. The molecule has 0 atom stereocenters. The van der Waals surface area contributed by atoms with Gasteiger partial charge in [-0.2, -0.15) is 0 Å². The van der Waals surface area contributed by atoms with Crippen LogP contribution < -0.4 is 0 Å². The zero-order valence-corrected chi connectivity index (χ0v) is 14.0. The van der Waals surface area contributed by atoms with Crippen molar-refractivity contribution in [1.29, 1.82) is 0 Å². The maximum absolute atomic E-state index is 8.56. The van der Waals surface area contributed by atoms with Crippen molar-refractivity contribution in [3.8, 4) is 0 Å². The van der Waals surface area contributed by atoms with Gasteiger partial charge in [-0.05, 0) is 26.9 Å². The van der Waals surface area contributed by atoms with Crippen LogP contribution >= 0.6 is 0 Å². The smallest absolute Gasteiger partial charge is 0.0701 e. The lowest BCUT2D eigenvalue weighted by molar-refractivity contribution is 0.0183. The SMILES string of the molecule is CN(C)C(CCOCCOCCO)CCOCCOCCO. The van der Waals surface area contributed by atoms with Crippen molar-refractivity contribution in [2.45, 2.75) is 18.9 Å². The van der Waals surface area contributed by atoms with E-state index in [0.717, 1.165) is 12.8 Å². The van der Waals surface area contributed by atoms with Crippen LogP contribution in [0.5, 0.6) is 0 Å². The summed E-state index contributed by atoms with van der Waals surface area (Å²) >= 11 is 0. The van der Waals surface area contributed by atoms with Crippen LogP contribution in [0.1, 0.15) is 12.8 Å². The number of aliphatic hydroxyl groups excluding tert-OH is 2. The monoisotopic (exact) mass is 323 g/mol. The first kappa shape index (κ1) is 21.7. The van der Waals surface area contributed by atoms with Crippen molar-refractivity contribution in [2.24, 2.45) is 0 Å². The molecule has 0 unspecified atom stereocenters. The maximum atomic E-state index is 8.56. The molecule has 0 bridgehead atoms. The number of ether oxygens (including phenoxy) is 4. The van der Waals surface area contributed by atoms with E-state index in [4.69, 9.17) is 29.2 Å². The first-order chi connectivity index (χ1) is 10.7. The lowest BCUT2D eigenvalue weighted by Crippen LogP contribution is -2.30. The molecule has 2 N–H and O–H groups in total. The van der Waals surface area contributed by atoms with E-state index in [0.29, 0.717) is 58.9 Å². The van der Waals surface area contributed by atoms with Crippen molar-refractivity contribution >= 4 is 0 Å². The van der Waals surface area contributed by atoms with E-state index in [9.17, 15) is 0 Å². The Labute approximate surface area is 134 Å². The Balaban J connectivity index is 3.49. The van der Waals surface area contributed by atoms with Gasteiger partial charge in [0.1, 0.15) is 0 Å². The molecule has 0 aromatic heterocycles. The van der Waals surface area contributed by atoms with Crippen molar-refractivity contribution < 1.29 is 29.2 Å². The van der Waals surface area contributed by atoms with E-state index >= 15 is 0 Å². The Morgan fingerprint density at radius 1 is 0.636 bits per heavy atom. The molecule has 0 fully saturated rings. The molecule has 0 aliphatic rings. The molecule has 0 aliphatic heterocycles. The van der Waals surface area contributed by atoms with Crippen LogP contribution in [0.2, 0.25) is 0 Å². The molecule has 7 nitrogen and oxygen atoms in total. The summed E-state index contributed by atoms with van der Waals surface area (Å²) in [4.78, 5) is 2.18. The van der Waals surface area contributed by atoms with Crippen LogP contribution in [0.15, 0.2) is 0 Å². The number of nitrogens with zero attached hydrogens (tertiary/aromatic N) is 1. The topological polar surface area (TPSA) is 80.6 Å². The van der Waals surface area contributed by atoms with E-state index in [-0.39, 0.29) is 13.2 Å². The lowest BCUT2D eigenvalue weighted by atomic mass is 10.1. The lowest BCUT2D eigenvalue weighted by Gasteiger charge is -2.24. The van der Waals surface area contributed by atoms with Crippen LogP contribution in [-0.2, 0) is 18.9 Å². The second-order valence-electron chi connectivity index (χ2n) is 5.09. The molecule has 0 heterocycles. The summed E-state index contributed by atoms with van der Waals surface area (Å²) in [7, 11) is 4.11. The highest BCUT2D eigenvalue weighted by molar-refractivity contribution is 4.65. The number of hydrogen-bond donors (Lipinski definition) is 2. The predicted octanol–water partition coefficient (Wildman–Crippen LogP) is -0.252. The molecule has 0 aliphatic carbocycles. The number of hydrogen-bond acceptors (Lipinski definition) is 7. The van der Waals surface area contributed by atoms with E-state index in [1.807, 2.05) is 0 Å². The Morgan fingerprint density at radius 3 is 1.32 bits per heavy atom. The first-order valence-electron chi connectivity index (χ1n) is 7.91. The minimum Gasteiger partial charge on any atom is -0.394 e. The average Bonchev–Trinajstić information content (AvgIpc) is 2.50. The van der Waals surface area contributed by atoms with Gasteiger partial charge in [0.15, 0.2) is 0 Å². The van der Waals surface area contributed by atoms with Crippen molar-refractivity contribution in [1.82, 2.24) is 4.90 Å². The predicted molar refractivity (Wildman–Crippen MR) is 84.2 cm³/mol. The molecular formula is C15H33NO6. The van der Waals surface area contributed by atoms with E-state index in [1.165, 1.54) is 0 Å². The summed E-state index contributed by atoms with van der Waals surface area (Å²) in [6, 6.07) is 0.414. The number of rotatable bonds is 17. The molecule has 0 aromatic rings. The Kier molecular flexibility index (Phi) is 16.9. The van der Waals surface area contributed by atoms with Gasteiger partial charge < -0.3 is 34.1 Å². The van der Waals surface area contributed by atoms with Crippen LogP contribution in [0, 0.1) is 0 Å². The molecule has 0 aromatic carbocycles. The highest BCUT2D eigenvalue weighted by Gasteiger charge is 2.11. The zero-order valence-electron chi connectivity index (χ0n) is 14.0. The minimum atomic E-state index is 0.0493. The Morgan fingerprint density at radius 2 is 1.00 bits per heavy atom. The average molecular weight is 323 g/mol. The quantitative estimate of drug-likeness (QED) is 0.357.